The molecular formula is C29H31N5O2. The number of likely N-dealkylation sites (tertiary alicyclic amines) is 1. The number of benzene rings is 2. The number of hydrogen-bond acceptors (Lipinski definition) is 5. The van der Waals surface area contributed by atoms with E-state index in [1.165, 1.54) is 26.9 Å². The van der Waals surface area contributed by atoms with Crippen LogP contribution in [0.25, 0.3) is 22.4 Å². The minimum Gasteiger partial charge on any atom is -0.497 e. The van der Waals surface area contributed by atoms with Crippen LogP contribution >= 0.6 is 0 Å². The number of aryl methyl sites for hydroxylation is 2. The number of hydrogen-bond donors (Lipinski definition) is 0. The van der Waals surface area contributed by atoms with Crippen molar-refractivity contribution in [1.82, 2.24) is 24.9 Å². The molecule has 2 aromatic heterocycles. The van der Waals surface area contributed by atoms with Gasteiger partial charge < -0.3 is 9.64 Å². The number of aromatic nitrogens is 4. The summed E-state index contributed by atoms with van der Waals surface area (Å²) in [6, 6.07) is 16.4. The van der Waals surface area contributed by atoms with E-state index in [1.807, 2.05) is 29.2 Å². The second kappa shape index (κ2) is 10.3. The minimum absolute atomic E-state index is 0.117. The third-order valence-electron chi connectivity index (χ3n) is 6.99. The lowest BCUT2D eigenvalue weighted by Gasteiger charge is -2.35. The molecule has 1 fully saturated rings. The van der Waals surface area contributed by atoms with E-state index in [2.05, 4.69) is 53.4 Å². The van der Waals surface area contributed by atoms with Gasteiger partial charge in [0.2, 0.25) is 0 Å². The summed E-state index contributed by atoms with van der Waals surface area (Å²) in [6.07, 6.45) is 9.28. The first-order valence-electron chi connectivity index (χ1n) is 12.4. The van der Waals surface area contributed by atoms with Gasteiger partial charge in [0.05, 0.1) is 13.3 Å². The molecule has 7 heteroatoms. The maximum atomic E-state index is 13.4. The molecule has 1 aliphatic rings. The van der Waals surface area contributed by atoms with Gasteiger partial charge in [-0.3, -0.25) is 4.98 Å². The van der Waals surface area contributed by atoms with Crippen molar-refractivity contribution in [1.29, 1.82) is 0 Å². The first-order chi connectivity index (χ1) is 17.5. The van der Waals surface area contributed by atoms with E-state index in [0.29, 0.717) is 5.69 Å². The minimum atomic E-state index is -0.117. The van der Waals surface area contributed by atoms with Crippen LogP contribution in [0.4, 0.5) is 4.79 Å². The maximum Gasteiger partial charge on any atom is 0.346 e. The van der Waals surface area contributed by atoms with Crippen LogP contribution in [0.1, 0.15) is 36.0 Å². The van der Waals surface area contributed by atoms with Gasteiger partial charge in [0.15, 0.2) is 0 Å². The van der Waals surface area contributed by atoms with E-state index >= 15 is 0 Å². The van der Waals surface area contributed by atoms with Crippen molar-refractivity contribution < 1.29 is 9.53 Å². The largest absolute Gasteiger partial charge is 0.497 e. The van der Waals surface area contributed by atoms with Crippen LogP contribution in [0, 0.1) is 13.8 Å². The highest BCUT2D eigenvalue weighted by Crippen LogP contribution is 2.32. The van der Waals surface area contributed by atoms with Crippen molar-refractivity contribution in [2.24, 2.45) is 0 Å². The Bertz CT molecular complexity index is 1320. The number of carbonyl (C=O) groups excluding carboxylic acids is 1. The van der Waals surface area contributed by atoms with Gasteiger partial charge in [-0.05, 0) is 91.6 Å². The van der Waals surface area contributed by atoms with Crippen LogP contribution in [-0.2, 0) is 6.42 Å². The van der Waals surface area contributed by atoms with Gasteiger partial charge in [0.1, 0.15) is 11.4 Å². The molecule has 0 bridgehead atoms. The van der Waals surface area contributed by atoms with Crippen LogP contribution in [0.5, 0.6) is 5.75 Å². The number of methoxy groups -OCH3 is 1. The number of pyridine rings is 1. The van der Waals surface area contributed by atoms with Crippen LogP contribution in [-0.4, -0.2) is 50.6 Å². The molecule has 36 heavy (non-hydrogen) atoms. The number of ether oxygens (including phenoxy) is 1. The third-order valence-corrected chi connectivity index (χ3v) is 6.99. The summed E-state index contributed by atoms with van der Waals surface area (Å²) < 4.78 is 6.78. The fourth-order valence-corrected chi connectivity index (χ4v) is 5.18. The molecule has 2 aromatic carbocycles. The summed E-state index contributed by atoms with van der Waals surface area (Å²) in [7, 11) is 1.69. The highest BCUT2D eigenvalue weighted by atomic mass is 16.5. The van der Waals surface area contributed by atoms with Crippen molar-refractivity contribution >= 4 is 6.03 Å². The summed E-state index contributed by atoms with van der Waals surface area (Å²) in [5, 5.41) is 8.50. The molecule has 0 aliphatic carbocycles. The molecular weight excluding hydrogens is 450 g/mol. The lowest BCUT2D eigenvalue weighted by atomic mass is 9.94. The first-order valence-corrected chi connectivity index (χ1v) is 12.4. The summed E-state index contributed by atoms with van der Waals surface area (Å²) >= 11 is 0. The van der Waals surface area contributed by atoms with Crippen molar-refractivity contribution in [2.45, 2.75) is 45.6 Å². The van der Waals surface area contributed by atoms with E-state index in [1.54, 1.807) is 25.7 Å². The lowest BCUT2D eigenvalue weighted by molar-refractivity contribution is 0.149. The van der Waals surface area contributed by atoms with Crippen molar-refractivity contribution in [3.8, 4) is 28.1 Å². The third kappa shape index (κ3) is 4.87. The van der Waals surface area contributed by atoms with Crippen LogP contribution in [0.3, 0.4) is 0 Å². The molecule has 1 amide bonds. The number of carbonyl (C=O) groups is 1. The van der Waals surface area contributed by atoms with Gasteiger partial charge in [-0.1, -0.05) is 29.5 Å². The van der Waals surface area contributed by atoms with Crippen LogP contribution in [0.15, 0.2) is 67.1 Å². The van der Waals surface area contributed by atoms with E-state index in [0.717, 1.165) is 49.1 Å². The fourth-order valence-electron chi connectivity index (χ4n) is 5.18. The number of rotatable bonds is 5. The van der Waals surface area contributed by atoms with E-state index in [-0.39, 0.29) is 12.1 Å². The van der Waals surface area contributed by atoms with E-state index in [9.17, 15) is 4.79 Å². The zero-order chi connectivity index (χ0) is 25.1. The SMILES string of the molecule is COc1cc(C)c(-c2ccc(-c3cn(C(=O)N4CCCCC4Cc4ccncc4)nn3)cc2)c(C)c1. The quantitative estimate of drug-likeness (QED) is 0.366. The average Bonchev–Trinajstić information content (AvgIpc) is 3.39. The summed E-state index contributed by atoms with van der Waals surface area (Å²) in [4.78, 5) is 19.4. The molecule has 4 aromatic rings. The van der Waals surface area contributed by atoms with Crippen LogP contribution < -0.4 is 4.74 Å². The van der Waals surface area contributed by atoms with Crippen molar-refractivity contribution in [3.63, 3.8) is 0 Å². The summed E-state index contributed by atoms with van der Waals surface area (Å²) in [6.45, 7) is 4.93. The second-order valence-corrected chi connectivity index (χ2v) is 9.45. The molecule has 7 nitrogen and oxygen atoms in total. The maximum absolute atomic E-state index is 13.4. The van der Waals surface area contributed by atoms with Crippen LogP contribution in [0.2, 0.25) is 0 Å². The lowest BCUT2D eigenvalue weighted by Crippen LogP contribution is -2.46. The van der Waals surface area contributed by atoms with Gasteiger partial charge in [-0.25, -0.2) is 4.79 Å². The Labute approximate surface area is 211 Å². The molecule has 1 unspecified atom stereocenters. The second-order valence-electron chi connectivity index (χ2n) is 9.45. The Balaban J connectivity index is 1.34. The molecule has 1 atom stereocenters. The van der Waals surface area contributed by atoms with E-state index < -0.39 is 0 Å². The Kier molecular flexibility index (Phi) is 6.80. The molecule has 0 N–H and O–H groups in total. The molecule has 1 aliphatic heterocycles. The van der Waals surface area contributed by atoms with E-state index in [4.69, 9.17) is 4.74 Å². The molecule has 0 saturated carbocycles. The van der Waals surface area contributed by atoms with Gasteiger partial charge >= 0.3 is 6.03 Å². The average molecular weight is 482 g/mol. The molecule has 0 radical (unpaired) electrons. The first kappa shape index (κ1) is 23.7. The monoisotopic (exact) mass is 481 g/mol. The molecule has 184 valence electrons. The predicted octanol–water partition coefficient (Wildman–Crippen LogP) is 5.70. The molecule has 5 rings (SSSR count). The number of nitrogens with zero attached hydrogens (tertiary/aromatic N) is 5. The molecule has 3 heterocycles. The van der Waals surface area contributed by atoms with Gasteiger partial charge in [-0.2, -0.15) is 4.68 Å². The smallest absolute Gasteiger partial charge is 0.346 e. The topological polar surface area (TPSA) is 73.1 Å². The summed E-state index contributed by atoms with van der Waals surface area (Å²) in [5.41, 5.74) is 7.46. The Hall–Kier alpha value is -4.00. The fraction of sp³-hybridized carbons (Fsp3) is 0.310. The van der Waals surface area contributed by atoms with Gasteiger partial charge in [0, 0.05) is 30.5 Å². The molecule has 1 saturated heterocycles. The Morgan fingerprint density at radius 3 is 2.39 bits per heavy atom. The normalized spacial score (nSPS) is 15.6. The van der Waals surface area contributed by atoms with Gasteiger partial charge in [-0.15, -0.1) is 5.10 Å². The Morgan fingerprint density at radius 2 is 1.69 bits per heavy atom. The van der Waals surface area contributed by atoms with Gasteiger partial charge in [0.25, 0.3) is 0 Å². The molecule has 0 spiro atoms. The zero-order valence-electron chi connectivity index (χ0n) is 21.0. The highest BCUT2D eigenvalue weighted by Gasteiger charge is 2.28. The summed E-state index contributed by atoms with van der Waals surface area (Å²) in [5.74, 6) is 0.864. The highest BCUT2D eigenvalue weighted by molar-refractivity contribution is 5.78. The standard InChI is InChI=1S/C29H31N5O2/c1-20-16-26(36-3)17-21(2)28(20)24-9-7-23(8-10-24)27-19-34(32-31-27)29(35)33-15-5-4-6-25(33)18-22-11-13-30-14-12-22/h7-14,16-17,19,25H,4-6,15,18H2,1-3H3. The zero-order valence-corrected chi connectivity index (χ0v) is 21.0. The predicted molar refractivity (Wildman–Crippen MR) is 140 cm³/mol. The number of amides is 1. The van der Waals surface area contributed by atoms with Crippen molar-refractivity contribution in [2.75, 3.05) is 13.7 Å². The Morgan fingerprint density at radius 1 is 1.00 bits per heavy atom. The number of piperidine rings is 1. The van der Waals surface area contributed by atoms with Crippen molar-refractivity contribution in [3.05, 3.63) is 83.8 Å².